The van der Waals surface area contributed by atoms with Crippen molar-refractivity contribution in [2.45, 2.75) is 53.9 Å². The summed E-state index contributed by atoms with van der Waals surface area (Å²) in [6.45, 7) is 14.4. The molecule has 1 saturated heterocycles. The number of anilines is 2. The lowest BCUT2D eigenvalue weighted by molar-refractivity contribution is 0.220. The van der Waals surface area contributed by atoms with Crippen LogP contribution in [0.5, 0.6) is 0 Å². The zero-order valence-electron chi connectivity index (χ0n) is 14.2. The van der Waals surface area contributed by atoms with E-state index in [1.165, 1.54) is 24.8 Å². The van der Waals surface area contributed by atoms with E-state index in [4.69, 9.17) is 0 Å². The minimum atomic E-state index is 0.408. The van der Waals surface area contributed by atoms with Crippen molar-refractivity contribution >= 4 is 11.6 Å². The highest BCUT2D eigenvalue weighted by Gasteiger charge is 2.28. The molecule has 1 fully saturated rings. The number of hydrogen-bond donors (Lipinski definition) is 1. The average Bonchev–Trinajstić information content (AvgIpc) is 2.67. The molecule has 4 heteroatoms. The minimum Gasteiger partial charge on any atom is -0.370 e. The van der Waals surface area contributed by atoms with Gasteiger partial charge in [0.25, 0.3) is 0 Å². The van der Waals surface area contributed by atoms with Gasteiger partial charge < -0.3 is 10.2 Å². The maximum atomic E-state index is 4.55. The summed E-state index contributed by atoms with van der Waals surface area (Å²) >= 11 is 0. The first-order chi connectivity index (χ1) is 9.93. The van der Waals surface area contributed by atoms with Crippen LogP contribution in [-0.2, 0) is 0 Å². The molecule has 1 aromatic heterocycles. The van der Waals surface area contributed by atoms with Crippen molar-refractivity contribution in [3.8, 4) is 0 Å². The van der Waals surface area contributed by atoms with E-state index in [2.05, 4.69) is 54.8 Å². The first-order valence-corrected chi connectivity index (χ1v) is 8.24. The van der Waals surface area contributed by atoms with Crippen LogP contribution in [0.3, 0.4) is 0 Å². The van der Waals surface area contributed by atoms with Crippen LogP contribution in [0.4, 0.5) is 11.6 Å². The maximum absolute atomic E-state index is 4.55. The molecule has 0 saturated carbocycles. The van der Waals surface area contributed by atoms with Crippen LogP contribution in [0.25, 0.3) is 0 Å². The van der Waals surface area contributed by atoms with E-state index in [9.17, 15) is 0 Å². The summed E-state index contributed by atoms with van der Waals surface area (Å²) in [5, 5.41) is 3.33. The Kier molecular flexibility index (Phi) is 5.07. The van der Waals surface area contributed by atoms with E-state index in [0.29, 0.717) is 5.41 Å². The summed E-state index contributed by atoms with van der Waals surface area (Å²) in [5.41, 5.74) is 1.58. The molecule has 1 unspecified atom stereocenters. The number of hydrogen-bond acceptors (Lipinski definition) is 4. The Morgan fingerprint density at radius 3 is 2.67 bits per heavy atom. The smallest absolute Gasteiger partial charge is 0.137 e. The highest BCUT2D eigenvalue weighted by molar-refractivity contribution is 5.57. The Morgan fingerprint density at radius 2 is 2.00 bits per heavy atom. The fourth-order valence-corrected chi connectivity index (χ4v) is 3.28. The van der Waals surface area contributed by atoms with E-state index in [1.807, 2.05) is 0 Å². The third-order valence-corrected chi connectivity index (χ3v) is 4.65. The second-order valence-corrected chi connectivity index (χ2v) is 7.18. The lowest BCUT2D eigenvalue weighted by atomic mass is 9.77. The Morgan fingerprint density at radius 1 is 1.24 bits per heavy atom. The largest absolute Gasteiger partial charge is 0.370 e. The molecule has 1 atom stereocenters. The van der Waals surface area contributed by atoms with Crippen LogP contribution in [0.15, 0.2) is 6.33 Å². The molecular formula is C17H30N4. The Labute approximate surface area is 129 Å². The normalized spacial score (nSPS) is 20.2. The molecule has 0 aliphatic carbocycles. The molecule has 0 amide bonds. The number of aromatic nitrogens is 2. The molecule has 4 nitrogen and oxygen atoms in total. The van der Waals surface area contributed by atoms with Gasteiger partial charge in [-0.2, -0.15) is 0 Å². The zero-order valence-corrected chi connectivity index (χ0v) is 14.2. The second-order valence-electron chi connectivity index (χ2n) is 7.18. The summed E-state index contributed by atoms with van der Waals surface area (Å²) < 4.78 is 0. The first-order valence-electron chi connectivity index (χ1n) is 8.24. The predicted octanol–water partition coefficient (Wildman–Crippen LogP) is 3.87. The van der Waals surface area contributed by atoms with Crippen LogP contribution in [0.1, 0.15) is 52.5 Å². The van der Waals surface area contributed by atoms with Crippen molar-refractivity contribution in [3.05, 3.63) is 11.9 Å². The van der Waals surface area contributed by atoms with E-state index in [0.717, 1.165) is 37.2 Å². The van der Waals surface area contributed by atoms with Gasteiger partial charge >= 0.3 is 0 Å². The molecule has 0 bridgehead atoms. The molecule has 0 spiro atoms. The third-order valence-electron chi connectivity index (χ3n) is 4.65. The van der Waals surface area contributed by atoms with Crippen molar-refractivity contribution in [1.29, 1.82) is 0 Å². The van der Waals surface area contributed by atoms with Crippen LogP contribution in [-0.4, -0.2) is 29.6 Å². The van der Waals surface area contributed by atoms with Gasteiger partial charge in [-0.05, 0) is 44.4 Å². The van der Waals surface area contributed by atoms with Crippen LogP contribution in [0.2, 0.25) is 0 Å². The van der Waals surface area contributed by atoms with Crippen molar-refractivity contribution in [1.82, 2.24) is 9.97 Å². The summed E-state index contributed by atoms with van der Waals surface area (Å²) in [5.74, 6) is 2.88. The van der Waals surface area contributed by atoms with Gasteiger partial charge in [-0.25, -0.2) is 9.97 Å². The quantitative estimate of drug-likeness (QED) is 0.917. The number of nitrogens with one attached hydrogen (secondary N) is 1. The highest BCUT2D eigenvalue weighted by atomic mass is 15.2. The second kappa shape index (κ2) is 6.63. The Bertz CT molecular complexity index is 464. The van der Waals surface area contributed by atoms with Crippen LogP contribution in [0, 0.1) is 18.3 Å². The molecule has 0 radical (unpaired) electrons. The van der Waals surface area contributed by atoms with E-state index in [1.54, 1.807) is 6.33 Å². The lowest BCUT2D eigenvalue weighted by Crippen LogP contribution is -2.27. The molecule has 1 aliphatic heterocycles. The van der Waals surface area contributed by atoms with Gasteiger partial charge in [0, 0.05) is 25.2 Å². The zero-order chi connectivity index (χ0) is 15.5. The monoisotopic (exact) mass is 290 g/mol. The lowest BCUT2D eigenvalue weighted by Gasteiger charge is -2.30. The molecule has 1 aliphatic rings. The van der Waals surface area contributed by atoms with Crippen molar-refractivity contribution < 1.29 is 0 Å². The standard InChI is InChI=1S/C17H30N4/c1-6-18-15-13(2)16(20-12-19-15)21-10-7-8-14(9-11-21)17(3,4)5/h12,14H,6-11H2,1-5H3,(H,18,19,20). The fraction of sp³-hybridized carbons (Fsp3) is 0.765. The predicted molar refractivity (Wildman–Crippen MR) is 89.9 cm³/mol. The van der Waals surface area contributed by atoms with Gasteiger partial charge in [0.1, 0.15) is 18.0 Å². The molecular weight excluding hydrogens is 260 g/mol. The van der Waals surface area contributed by atoms with Gasteiger partial charge in [-0.1, -0.05) is 20.8 Å². The SMILES string of the molecule is CCNc1ncnc(N2CCCC(C(C)(C)C)CC2)c1C. The van der Waals surface area contributed by atoms with Crippen molar-refractivity contribution in [2.24, 2.45) is 11.3 Å². The third kappa shape index (κ3) is 3.86. The van der Waals surface area contributed by atoms with Crippen molar-refractivity contribution in [2.75, 3.05) is 29.9 Å². The summed E-state index contributed by atoms with van der Waals surface area (Å²) in [6.07, 6.45) is 5.52. The maximum Gasteiger partial charge on any atom is 0.137 e. The fourth-order valence-electron chi connectivity index (χ4n) is 3.28. The molecule has 118 valence electrons. The van der Waals surface area contributed by atoms with Crippen molar-refractivity contribution in [3.63, 3.8) is 0 Å². The Hall–Kier alpha value is -1.32. The minimum absolute atomic E-state index is 0.408. The summed E-state index contributed by atoms with van der Waals surface area (Å²) in [6, 6.07) is 0. The van der Waals surface area contributed by atoms with Crippen LogP contribution >= 0.6 is 0 Å². The van der Waals surface area contributed by atoms with Gasteiger partial charge in [-0.15, -0.1) is 0 Å². The van der Waals surface area contributed by atoms with E-state index < -0.39 is 0 Å². The van der Waals surface area contributed by atoms with Gasteiger partial charge in [-0.3, -0.25) is 0 Å². The summed E-state index contributed by atoms with van der Waals surface area (Å²) in [7, 11) is 0. The average molecular weight is 290 g/mol. The van der Waals surface area contributed by atoms with Crippen LogP contribution < -0.4 is 10.2 Å². The molecule has 1 N–H and O–H groups in total. The Balaban J connectivity index is 2.14. The molecule has 2 rings (SSSR count). The molecule has 21 heavy (non-hydrogen) atoms. The number of nitrogens with zero attached hydrogens (tertiary/aromatic N) is 3. The highest BCUT2D eigenvalue weighted by Crippen LogP contribution is 2.35. The molecule has 1 aromatic rings. The molecule has 2 heterocycles. The summed E-state index contributed by atoms with van der Waals surface area (Å²) in [4.78, 5) is 11.3. The van der Waals surface area contributed by atoms with Gasteiger partial charge in [0.15, 0.2) is 0 Å². The number of rotatable bonds is 3. The van der Waals surface area contributed by atoms with E-state index >= 15 is 0 Å². The molecule has 0 aromatic carbocycles. The van der Waals surface area contributed by atoms with Gasteiger partial charge in [0.2, 0.25) is 0 Å². The topological polar surface area (TPSA) is 41.1 Å². The van der Waals surface area contributed by atoms with Gasteiger partial charge in [0.05, 0.1) is 0 Å². The van der Waals surface area contributed by atoms with E-state index in [-0.39, 0.29) is 0 Å². The first kappa shape index (κ1) is 16.1.